The van der Waals surface area contributed by atoms with Crippen LogP contribution in [0.25, 0.3) is 11.2 Å². The van der Waals surface area contributed by atoms with E-state index in [9.17, 15) is 15.3 Å². The Bertz CT molecular complexity index is 1090. The van der Waals surface area contributed by atoms with Gasteiger partial charge in [0, 0.05) is 0 Å². The molecule has 1 aliphatic heterocycles. The first-order chi connectivity index (χ1) is 15.0. The van der Waals surface area contributed by atoms with Gasteiger partial charge in [-0.25, -0.2) is 20.4 Å². The third-order valence-corrected chi connectivity index (χ3v) is 4.82. The summed E-state index contributed by atoms with van der Waals surface area (Å²) < 4.78 is 12.5. The zero-order chi connectivity index (χ0) is 22.0. The van der Waals surface area contributed by atoms with E-state index in [1.54, 1.807) is 6.21 Å². The van der Waals surface area contributed by atoms with Crippen molar-refractivity contribution >= 4 is 29.1 Å². The summed E-state index contributed by atoms with van der Waals surface area (Å²) in [7, 11) is 0. The standard InChI is InChI=1S/C19H23N7O5/c1-2-30-11-5-3-4-10(6-11)7-23-25-19-24-13-16(20)21-9-22-17(13)26(19)18-15(29)14(28)12(8-27)31-18/h3-7,9,12,14-15,18,27-29H,2,8H2,1H3,(H,24,25)(H2,20,21,22)/b23-7+/t12-,14-,15+,18-/m1/s1. The Kier molecular flexibility index (Phi) is 5.95. The van der Waals surface area contributed by atoms with Gasteiger partial charge in [0.05, 0.1) is 19.4 Å². The van der Waals surface area contributed by atoms with Crippen LogP contribution in [0.5, 0.6) is 5.75 Å². The van der Waals surface area contributed by atoms with Gasteiger partial charge in [0.25, 0.3) is 0 Å². The maximum Gasteiger partial charge on any atom is 0.228 e. The van der Waals surface area contributed by atoms with Crippen LogP contribution in [0.15, 0.2) is 35.7 Å². The van der Waals surface area contributed by atoms with Gasteiger partial charge in [-0.1, -0.05) is 12.1 Å². The highest BCUT2D eigenvalue weighted by molar-refractivity contribution is 5.84. The van der Waals surface area contributed by atoms with Gasteiger partial charge in [-0.3, -0.25) is 4.57 Å². The molecule has 3 heterocycles. The van der Waals surface area contributed by atoms with Crippen LogP contribution in [0.1, 0.15) is 18.7 Å². The average Bonchev–Trinajstić information content (AvgIpc) is 3.27. The van der Waals surface area contributed by atoms with E-state index >= 15 is 0 Å². The predicted molar refractivity (Wildman–Crippen MR) is 112 cm³/mol. The second-order valence-electron chi connectivity index (χ2n) is 6.84. The van der Waals surface area contributed by atoms with Crippen molar-refractivity contribution in [1.29, 1.82) is 0 Å². The Morgan fingerprint density at radius 1 is 1.32 bits per heavy atom. The smallest absolute Gasteiger partial charge is 0.228 e. The van der Waals surface area contributed by atoms with Gasteiger partial charge >= 0.3 is 0 Å². The van der Waals surface area contributed by atoms with Crippen LogP contribution in [0, 0.1) is 0 Å². The van der Waals surface area contributed by atoms with E-state index in [0.29, 0.717) is 12.4 Å². The highest BCUT2D eigenvalue weighted by Crippen LogP contribution is 2.35. The van der Waals surface area contributed by atoms with Crippen molar-refractivity contribution in [3.05, 3.63) is 36.2 Å². The zero-order valence-corrected chi connectivity index (χ0v) is 16.7. The Morgan fingerprint density at radius 3 is 2.90 bits per heavy atom. The molecule has 0 aliphatic carbocycles. The van der Waals surface area contributed by atoms with Gasteiger partial charge in [0.2, 0.25) is 5.95 Å². The van der Waals surface area contributed by atoms with Crippen molar-refractivity contribution in [3.63, 3.8) is 0 Å². The lowest BCUT2D eigenvalue weighted by molar-refractivity contribution is -0.0501. The number of aliphatic hydroxyl groups excluding tert-OH is 3. The van der Waals surface area contributed by atoms with Crippen LogP contribution in [-0.4, -0.2) is 72.6 Å². The van der Waals surface area contributed by atoms with Crippen LogP contribution >= 0.6 is 0 Å². The number of aliphatic hydroxyl groups is 3. The second kappa shape index (κ2) is 8.81. The van der Waals surface area contributed by atoms with Gasteiger partial charge in [0.15, 0.2) is 23.2 Å². The lowest BCUT2D eigenvalue weighted by atomic mass is 10.1. The fraction of sp³-hybridized carbons (Fsp3) is 0.368. The summed E-state index contributed by atoms with van der Waals surface area (Å²) >= 11 is 0. The number of aromatic nitrogens is 4. The molecule has 2 aromatic heterocycles. The highest BCUT2D eigenvalue weighted by atomic mass is 16.6. The van der Waals surface area contributed by atoms with Gasteiger partial charge in [-0.15, -0.1) is 0 Å². The number of nitrogens with zero attached hydrogens (tertiary/aromatic N) is 5. The molecule has 6 N–H and O–H groups in total. The zero-order valence-electron chi connectivity index (χ0n) is 16.7. The third kappa shape index (κ3) is 4.01. The normalized spacial score (nSPS) is 23.6. The Hall–Kier alpha value is -3.32. The molecule has 31 heavy (non-hydrogen) atoms. The first-order valence-corrected chi connectivity index (χ1v) is 9.66. The van der Waals surface area contributed by atoms with Gasteiger partial charge in [-0.2, -0.15) is 5.10 Å². The van der Waals surface area contributed by atoms with E-state index in [4.69, 9.17) is 15.2 Å². The van der Waals surface area contributed by atoms with Crippen molar-refractivity contribution in [2.45, 2.75) is 31.5 Å². The quantitative estimate of drug-likeness (QED) is 0.251. The van der Waals surface area contributed by atoms with Crippen molar-refractivity contribution in [2.75, 3.05) is 24.4 Å². The summed E-state index contributed by atoms with van der Waals surface area (Å²) in [6.07, 6.45) is -1.84. The van der Waals surface area contributed by atoms with E-state index in [0.717, 1.165) is 5.56 Å². The van der Waals surface area contributed by atoms with Crippen molar-refractivity contribution < 1.29 is 24.8 Å². The minimum Gasteiger partial charge on any atom is -0.494 e. The summed E-state index contributed by atoms with van der Waals surface area (Å²) in [5.41, 5.74) is 10.1. The molecule has 1 aromatic carbocycles. The lowest BCUT2D eigenvalue weighted by Gasteiger charge is -2.18. The number of hydrogen-bond acceptors (Lipinski definition) is 11. The largest absolute Gasteiger partial charge is 0.494 e. The summed E-state index contributed by atoms with van der Waals surface area (Å²) in [6.45, 7) is 1.99. The first-order valence-electron chi connectivity index (χ1n) is 9.66. The van der Waals surface area contributed by atoms with Gasteiger partial charge in [0.1, 0.15) is 30.4 Å². The van der Waals surface area contributed by atoms with Crippen molar-refractivity contribution in [2.24, 2.45) is 5.10 Å². The number of imidazole rings is 1. The fourth-order valence-electron chi connectivity index (χ4n) is 3.36. The molecule has 0 amide bonds. The van der Waals surface area contributed by atoms with E-state index in [2.05, 4.69) is 25.5 Å². The molecule has 3 aromatic rings. The molecule has 1 saturated heterocycles. The maximum atomic E-state index is 10.5. The Morgan fingerprint density at radius 2 is 2.16 bits per heavy atom. The van der Waals surface area contributed by atoms with Gasteiger partial charge in [-0.05, 0) is 24.6 Å². The number of hydrogen-bond donors (Lipinski definition) is 5. The molecule has 0 unspecified atom stereocenters. The van der Waals surface area contributed by atoms with E-state index in [-0.39, 0.29) is 22.9 Å². The number of nitrogens with two attached hydrogens (primary N) is 1. The third-order valence-electron chi connectivity index (χ3n) is 4.82. The van der Waals surface area contributed by atoms with Crippen LogP contribution in [-0.2, 0) is 4.74 Å². The number of anilines is 2. The molecule has 0 radical (unpaired) electrons. The summed E-state index contributed by atoms with van der Waals surface area (Å²) in [5, 5.41) is 34.2. The molecule has 0 saturated carbocycles. The fourth-order valence-corrected chi connectivity index (χ4v) is 3.36. The number of nitrogen functional groups attached to an aromatic ring is 1. The predicted octanol–water partition coefficient (Wildman–Crippen LogP) is -0.135. The number of rotatable bonds is 7. The van der Waals surface area contributed by atoms with Gasteiger partial charge < -0.3 is 30.5 Å². The molecule has 4 atom stereocenters. The van der Waals surface area contributed by atoms with Crippen molar-refractivity contribution in [1.82, 2.24) is 19.5 Å². The van der Waals surface area contributed by atoms with E-state index in [1.165, 1.54) is 10.9 Å². The molecule has 12 nitrogen and oxygen atoms in total. The number of hydrazone groups is 1. The minimum atomic E-state index is -1.34. The van der Waals surface area contributed by atoms with Crippen LogP contribution < -0.4 is 15.9 Å². The molecule has 164 valence electrons. The van der Waals surface area contributed by atoms with Crippen LogP contribution in [0.3, 0.4) is 0 Å². The first kappa shape index (κ1) is 20.9. The second-order valence-corrected chi connectivity index (χ2v) is 6.84. The number of ether oxygens (including phenoxy) is 2. The maximum absolute atomic E-state index is 10.5. The molecule has 0 bridgehead atoms. The van der Waals surface area contributed by atoms with E-state index < -0.39 is 31.1 Å². The number of benzene rings is 1. The molecule has 0 spiro atoms. The Balaban J connectivity index is 1.67. The molecule has 1 aliphatic rings. The molecule has 1 fully saturated rings. The molecular weight excluding hydrogens is 406 g/mol. The van der Waals surface area contributed by atoms with E-state index in [1.807, 2.05) is 31.2 Å². The van der Waals surface area contributed by atoms with Crippen molar-refractivity contribution in [3.8, 4) is 5.75 Å². The lowest BCUT2D eigenvalue weighted by Crippen LogP contribution is -2.33. The van der Waals surface area contributed by atoms with Crippen LogP contribution in [0.2, 0.25) is 0 Å². The van der Waals surface area contributed by atoms with Crippen LogP contribution in [0.4, 0.5) is 11.8 Å². The number of nitrogens with one attached hydrogen (secondary N) is 1. The molecule has 12 heteroatoms. The monoisotopic (exact) mass is 429 g/mol. The minimum absolute atomic E-state index is 0.131. The SMILES string of the molecule is CCOc1cccc(/C=N/Nc2nc3c(N)ncnc3n2[C@@H]2O[C@H](CO)[C@@H](O)[C@@H]2O)c1. The topological polar surface area (TPSA) is 173 Å². The summed E-state index contributed by atoms with van der Waals surface area (Å²) in [6, 6.07) is 7.37. The molecular formula is C19H23N7O5. The molecule has 4 rings (SSSR count). The Labute approximate surface area is 177 Å². The number of fused-ring (bicyclic) bond motifs is 1. The highest BCUT2D eigenvalue weighted by Gasteiger charge is 2.45. The average molecular weight is 429 g/mol. The summed E-state index contributed by atoms with van der Waals surface area (Å²) in [5.74, 6) is 1.01. The summed E-state index contributed by atoms with van der Waals surface area (Å²) in [4.78, 5) is 12.5.